The fourth-order valence-corrected chi connectivity index (χ4v) is 0. The normalized spacial score (nSPS) is 0. The van der Waals surface area contributed by atoms with Crippen molar-refractivity contribution in [3.8, 4) is 0 Å². The molecular formula is C2H14O3Sn2. The first-order chi connectivity index (χ1) is 0. The van der Waals surface area contributed by atoms with Gasteiger partial charge in [-0.05, 0) is 0 Å². The van der Waals surface area contributed by atoms with Crippen molar-refractivity contribution < 1.29 is 16.4 Å². The molecular weight excluding hydrogens is 309 g/mol. The maximum atomic E-state index is 0. The van der Waals surface area contributed by atoms with Gasteiger partial charge in [0, 0.05) is 47.8 Å². The third kappa shape index (κ3) is 103. The van der Waals surface area contributed by atoms with Crippen LogP contribution in [0.3, 0.4) is 0 Å². The summed E-state index contributed by atoms with van der Waals surface area (Å²) in [7, 11) is 0. The summed E-state index contributed by atoms with van der Waals surface area (Å²) >= 11 is 0. The van der Waals surface area contributed by atoms with Crippen LogP contribution < -0.4 is 0 Å². The minimum absolute atomic E-state index is 0. The van der Waals surface area contributed by atoms with E-state index in [0.717, 1.165) is 0 Å². The van der Waals surface area contributed by atoms with Crippen LogP contribution >= 0.6 is 0 Å². The SMILES string of the molecule is C.C.O.O.O.[Sn].[Sn]. The average Bonchev–Trinajstić information content (AvgIpc) is 0. The maximum Gasteiger partial charge on any atom is 0 e. The predicted molar refractivity (Wildman–Crippen MR) is 35.8 cm³/mol. The summed E-state index contributed by atoms with van der Waals surface area (Å²) in [4.78, 5) is 0. The van der Waals surface area contributed by atoms with Crippen LogP contribution in [0, 0.1) is 0 Å². The summed E-state index contributed by atoms with van der Waals surface area (Å²) in [5, 5.41) is 0. The Balaban J connectivity index is 0. The Hall–Kier alpha value is 1.48. The fourth-order valence-electron chi connectivity index (χ4n) is 0. The molecule has 0 aromatic carbocycles. The van der Waals surface area contributed by atoms with Crippen molar-refractivity contribution in [3.05, 3.63) is 0 Å². The fraction of sp³-hybridized carbons (Fsp3) is 1.00. The van der Waals surface area contributed by atoms with Crippen LogP contribution in [-0.4, -0.2) is 64.2 Å². The minimum Gasteiger partial charge on any atom is -0.412 e. The van der Waals surface area contributed by atoms with E-state index in [4.69, 9.17) is 0 Å². The summed E-state index contributed by atoms with van der Waals surface area (Å²) < 4.78 is 0. The molecule has 7 heavy (non-hydrogen) atoms. The third-order valence-electron chi connectivity index (χ3n) is 0. The van der Waals surface area contributed by atoms with E-state index in [1.807, 2.05) is 0 Å². The summed E-state index contributed by atoms with van der Waals surface area (Å²) in [6.07, 6.45) is 0. The molecule has 5 heteroatoms. The molecule has 8 radical (unpaired) electrons. The van der Waals surface area contributed by atoms with E-state index >= 15 is 0 Å². The standard InChI is InChI=1S/2CH4.3H2O.2Sn/h2*1H4;3*1H2;;. The second-order valence-electron chi connectivity index (χ2n) is 0. The van der Waals surface area contributed by atoms with Crippen LogP contribution in [0.1, 0.15) is 14.9 Å². The van der Waals surface area contributed by atoms with Gasteiger partial charge in [0.15, 0.2) is 0 Å². The molecule has 0 atom stereocenters. The van der Waals surface area contributed by atoms with Crippen molar-refractivity contribution in [2.75, 3.05) is 0 Å². The van der Waals surface area contributed by atoms with Crippen molar-refractivity contribution in [1.29, 1.82) is 0 Å². The van der Waals surface area contributed by atoms with Crippen LogP contribution in [0.5, 0.6) is 0 Å². The van der Waals surface area contributed by atoms with E-state index in [0.29, 0.717) is 0 Å². The van der Waals surface area contributed by atoms with Gasteiger partial charge in [0.1, 0.15) is 0 Å². The van der Waals surface area contributed by atoms with Gasteiger partial charge in [-0.25, -0.2) is 0 Å². The van der Waals surface area contributed by atoms with Crippen molar-refractivity contribution in [3.63, 3.8) is 0 Å². The number of hydrogen-bond acceptors (Lipinski definition) is 0. The van der Waals surface area contributed by atoms with Gasteiger partial charge in [0.2, 0.25) is 0 Å². The predicted octanol–water partition coefficient (Wildman–Crippen LogP) is -1.96. The van der Waals surface area contributed by atoms with Crippen molar-refractivity contribution in [2.24, 2.45) is 0 Å². The molecule has 0 aromatic heterocycles. The summed E-state index contributed by atoms with van der Waals surface area (Å²) in [5.74, 6) is 0. The van der Waals surface area contributed by atoms with Crippen LogP contribution in [0.4, 0.5) is 0 Å². The van der Waals surface area contributed by atoms with E-state index in [1.54, 1.807) is 0 Å². The molecule has 0 amide bonds. The third-order valence-corrected chi connectivity index (χ3v) is 0. The second kappa shape index (κ2) is 144. The minimum atomic E-state index is 0. The van der Waals surface area contributed by atoms with Gasteiger partial charge in [-0.3, -0.25) is 0 Å². The van der Waals surface area contributed by atoms with Gasteiger partial charge in [-0.2, -0.15) is 0 Å². The van der Waals surface area contributed by atoms with Crippen molar-refractivity contribution in [2.45, 2.75) is 14.9 Å². The first-order valence-electron chi connectivity index (χ1n) is 0. The van der Waals surface area contributed by atoms with Gasteiger partial charge in [0.25, 0.3) is 0 Å². The molecule has 0 heterocycles. The van der Waals surface area contributed by atoms with E-state index in [1.165, 1.54) is 0 Å². The molecule has 6 N–H and O–H groups in total. The molecule has 48 valence electrons. The first-order valence-corrected chi connectivity index (χ1v) is 0. The molecule has 0 aliphatic carbocycles. The van der Waals surface area contributed by atoms with Crippen LogP contribution in [0.15, 0.2) is 0 Å². The molecule has 0 bridgehead atoms. The van der Waals surface area contributed by atoms with Crippen molar-refractivity contribution >= 4 is 47.8 Å². The zero-order valence-corrected chi connectivity index (χ0v) is 8.21. The quantitative estimate of drug-likeness (QED) is 0.463. The van der Waals surface area contributed by atoms with Crippen LogP contribution in [-0.2, 0) is 0 Å². The molecule has 0 fully saturated rings. The first kappa shape index (κ1) is 217. The molecule has 3 nitrogen and oxygen atoms in total. The number of rotatable bonds is 0. The smallest absolute Gasteiger partial charge is 0 e. The molecule has 0 aliphatic heterocycles. The topological polar surface area (TPSA) is 94.5 Å². The largest absolute Gasteiger partial charge is 0.412 e. The average molecular weight is 324 g/mol. The van der Waals surface area contributed by atoms with Gasteiger partial charge in [-0.15, -0.1) is 0 Å². The molecule has 0 saturated heterocycles. The Morgan fingerprint density at radius 1 is 0.429 bits per heavy atom. The van der Waals surface area contributed by atoms with Crippen molar-refractivity contribution in [1.82, 2.24) is 0 Å². The zero-order valence-electron chi connectivity index (χ0n) is 2.50. The molecule has 0 saturated carbocycles. The molecule has 0 spiro atoms. The van der Waals surface area contributed by atoms with Crippen LogP contribution in [0.2, 0.25) is 0 Å². The zero-order chi connectivity index (χ0) is 0. The van der Waals surface area contributed by atoms with Gasteiger partial charge < -0.3 is 16.4 Å². The van der Waals surface area contributed by atoms with E-state index in [-0.39, 0.29) is 79.1 Å². The molecule has 0 aliphatic rings. The summed E-state index contributed by atoms with van der Waals surface area (Å²) in [6.45, 7) is 0. The Kier molecular flexibility index (Phi) is 4460. The summed E-state index contributed by atoms with van der Waals surface area (Å²) in [6, 6.07) is 0. The maximum absolute atomic E-state index is 0. The van der Waals surface area contributed by atoms with Gasteiger partial charge in [-0.1, -0.05) is 14.9 Å². The van der Waals surface area contributed by atoms with Gasteiger partial charge >= 0.3 is 0 Å². The molecule has 0 unspecified atom stereocenters. The molecule has 0 aromatic rings. The Bertz CT molecular complexity index is 10.9. The Labute approximate surface area is 78.7 Å². The second-order valence-corrected chi connectivity index (χ2v) is 0. The molecule has 0 rings (SSSR count). The van der Waals surface area contributed by atoms with E-state index < -0.39 is 0 Å². The summed E-state index contributed by atoms with van der Waals surface area (Å²) in [5.41, 5.74) is 0. The van der Waals surface area contributed by atoms with Gasteiger partial charge in [0.05, 0.1) is 0 Å². The van der Waals surface area contributed by atoms with E-state index in [2.05, 4.69) is 0 Å². The Morgan fingerprint density at radius 2 is 0.429 bits per heavy atom. The Morgan fingerprint density at radius 3 is 0.429 bits per heavy atom. The van der Waals surface area contributed by atoms with Crippen LogP contribution in [0.25, 0.3) is 0 Å². The van der Waals surface area contributed by atoms with E-state index in [9.17, 15) is 0 Å². The monoisotopic (exact) mass is 326 g/mol. The number of hydrogen-bond donors (Lipinski definition) is 0.